The first-order valence-electron chi connectivity index (χ1n) is 7.80. The van der Waals surface area contributed by atoms with Gasteiger partial charge in [-0.05, 0) is 43.5 Å². The molecule has 0 unspecified atom stereocenters. The van der Waals surface area contributed by atoms with Crippen LogP contribution in [-0.2, 0) is 9.59 Å². The molecule has 0 radical (unpaired) electrons. The lowest BCUT2D eigenvalue weighted by Crippen LogP contribution is -2.43. The Morgan fingerprint density at radius 2 is 1.83 bits per heavy atom. The number of hydrogen-bond donors (Lipinski definition) is 2. The summed E-state index contributed by atoms with van der Waals surface area (Å²) in [7, 11) is 1.54. The van der Waals surface area contributed by atoms with Crippen molar-refractivity contribution in [3.63, 3.8) is 0 Å². The first kappa shape index (κ1) is 19.5. The van der Waals surface area contributed by atoms with Crippen molar-refractivity contribution in [2.45, 2.75) is 39.8 Å². The van der Waals surface area contributed by atoms with E-state index in [-0.39, 0.29) is 12.0 Å². The van der Waals surface area contributed by atoms with Gasteiger partial charge in [-0.25, -0.2) is 4.79 Å². The summed E-state index contributed by atoms with van der Waals surface area (Å²) in [5.41, 5.74) is 0.745. The SMILES string of the molecule is COc1cc(/C=C/C(=O)N[C@@H](C(=O)O)C(C)C)ccc1OC(C)C. The summed E-state index contributed by atoms with van der Waals surface area (Å²) in [6, 6.07) is 4.39. The van der Waals surface area contributed by atoms with E-state index in [0.717, 1.165) is 5.56 Å². The van der Waals surface area contributed by atoms with Gasteiger partial charge in [-0.1, -0.05) is 19.9 Å². The van der Waals surface area contributed by atoms with Crippen molar-refractivity contribution in [1.82, 2.24) is 5.32 Å². The van der Waals surface area contributed by atoms with Crippen LogP contribution in [-0.4, -0.2) is 36.2 Å². The molecular weight excluding hydrogens is 310 g/mol. The Morgan fingerprint density at radius 1 is 1.17 bits per heavy atom. The fourth-order valence-electron chi connectivity index (χ4n) is 2.03. The average molecular weight is 335 g/mol. The molecule has 0 aliphatic rings. The van der Waals surface area contributed by atoms with E-state index in [1.807, 2.05) is 13.8 Å². The Balaban J connectivity index is 2.82. The van der Waals surface area contributed by atoms with E-state index < -0.39 is 17.9 Å². The van der Waals surface area contributed by atoms with Crippen LogP contribution in [0.5, 0.6) is 11.5 Å². The molecule has 0 aliphatic carbocycles. The lowest BCUT2D eigenvalue weighted by Gasteiger charge is -2.16. The van der Waals surface area contributed by atoms with E-state index in [2.05, 4.69) is 5.32 Å². The number of nitrogens with one attached hydrogen (secondary N) is 1. The Bertz CT molecular complexity index is 607. The summed E-state index contributed by atoms with van der Waals surface area (Å²) in [5.74, 6) is -0.523. The van der Waals surface area contributed by atoms with Crippen LogP contribution >= 0.6 is 0 Å². The maximum absolute atomic E-state index is 11.9. The molecule has 1 rings (SSSR count). The first-order chi connectivity index (χ1) is 11.2. The Hall–Kier alpha value is -2.50. The number of rotatable bonds is 8. The van der Waals surface area contributed by atoms with Crippen LogP contribution in [0.15, 0.2) is 24.3 Å². The third kappa shape index (κ3) is 5.95. The number of benzene rings is 1. The minimum absolute atomic E-state index is 0.0232. The molecule has 0 aromatic heterocycles. The van der Waals surface area contributed by atoms with Crippen molar-refractivity contribution in [2.75, 3.05) is 7.11 Å². The van der Waals surface area contributed by atoms with Gasteiger partial charge in [0.05, 0.1) is 13.2 Å². The molecule has 0 spiro atoms. The summed E-state index contributed by atoms with van der Waals surface area (Å²) in [6.45, 7) is 7.32. The largest absolute Gasteiger partial charge is 0.493 e. The highest BCUT2D eigenvalue weighted by atomic mass is 16.5. The molecule has 0 fully saturated rings. The summed E-state index contributed by atoms with van der Waals surface area (Å²) in [6.07, 6.45) is 2.92. The highest BCUT2D eigenvalue weighted by Gasteiger charge is 2.22. The fraction of sp³-hybridized carbons (Fsp3) is 0.444. The van der Waals surface area contributed by atoms with Gasteiger partial charge in [0.15, 0.2) is 11.5 Å². The van der Waals surface area contributed by atoms with Gasteiger partial charge in [-0.2, -0.15) is 0 Å². The predicted molar refractivity (Wildman–Crippen MR) is 92.2 cm³/mol. The Kier molecular flexibility index (Phi) is 7.30. The van der Waals surface area contributed by atoms with Crippen molar-refractivity contribution in [1.29, 1.82) is 0 Å². The van der Waals surface area contributed by atoms with Crippen molar-refractivity contribution in [3.05, 3.63) is 29.8 Å². The van der Waals surface area contributed by atoms with Crippen LogP contribution in [0.2, 0.25) is 0 Å². The van der Waals surface area contributed by atoms with Crippen molar-refractivity contribution in [3.8, 4) is 11.5 Å². The second-order valence-corrected chi connectivity index (χ2v) is 5.98. The van der Waals surface area contributed by atoms with Gasteiger partial charge < -0.3 is 19.9 Å². The maximum Gasteiger partial charge on any atom is 0.326 e. The molecule has 0 saturated carbocycles. The lowest BCUT2D eigenvalue weighted by molar-refractivity contribution is -0.142. The molecule has 6 heteroatoms. The van der Waals surface area contributed by atoms with E-state index in [0.29, 0.717) is 11.5 Å². The molecule has 0 aliphatic heterocycles. The highest BCUT2D eigenvalue weighted by Crippen LogP contribution is 2.29. The van der Waals surface area contributed by atoms with Crippen molar-refractivity contribution >= 4 is 18.0 Å². The zero-order chi connectivity index (χ0) is 18.3. The second kappa shape index (κ2) is 8.96. The number of carbonyl (C=O) groups excluding carboxylic acids is 1. The number of carboxylic acids is 1. The Labute approximate surface area is 142 Å². The number of carbonyl (C=O) groups is 2. The maximum atomic E-state index is 11.9. The van der Waals surface area contributed by atoms with Crippen molar-refractivity contribution < 1.29 is 24.2 Å². The van der Waals surface area contributed by atoms with Crippen LogP contribution in [0.3, 0.4) is 0 Å². The van der Waals surface area contributed by atoms with E-state index in [9.17, 15) is 9.59 Å². The zero-order valence-electron chi connectivity index (χ0n) is 14.7. The fourth-order valence-corrected chi connectivity index (χ4v) is 2.03. The second-order valence-electron chi connectivity index (χ2n) is 5.98. The molecule has 132 valence electrons. The topological polar surface area (TPSA) is 84.9 Å². The van der Waals surface area contributed by atoms with Gasteiger partial charge in [0.25, 0.3) is 0 Å². The highest BCUT2D eigenvalue weighted by molar-refractivity contribution is 5.94. The van der Waals surface area contributed by atoms with Crippen LogP contribution in [0.4, 0.5) is 0 Å². The molecule has 1 atom stereocenters. The minimum atomic E-state index is -1.05. The Morgan fingerprint density at radius 3 is 2.33 bits per heavy atom. The third-order valence-corrected chi connectivity index (χ3v) is 3.21. The molecule has 2 N–H and O–H groups in total. The van der Waals surface area contributed by atoms with Gasteiger partial charge in [-0.3, -0.25) is 4.79 Å². The number of carboxylic acid groups (broad SMARTS) is 1. The molecule has 0 bridgehead atoms. The minimum Gasteiger partial charge on any atom is -0.493 e. The summed E-state index contributed by atoms with van der Waals surface area (Å²) >= 11 is 0. The summed E-state index contributed by atoms with van der Waals surface area (Å²) < 4.78 is 10.9. The van der Waals surface area contributed by atoms with Crippen LogP contribution < -0.4 is 14.8 Å². The molecule has 0 heterocycles. The molecule has 6 nitrogen and oxygen atoms in total. The predicted octanol–water partition coefficient (Wildman–Crippen LogP) is 2.72. The van der Waals surface area contributed by atoms with Gasteiger partial charge in [0.1, 0.15) is 6.04 Å². The normalized spacial score (nSPS) is 12.5. The number of aliphatic carboxylic acids is 1. The lowest BCUT2D eigenvalue weighted by atomic mass is 10.0. The van der Waals surface area contributed by atoms with Crippen molar-refractivity contribution in [2.24, 2.45) is 5.92 Å². The number of hydrogen-bond acceptors (Lipinski definition) is 4. The first-order valence-corrected chi connectivity index (χ1v) is 7.80. The van der Waals surface area contributed by atoms with Crippen LogP contribution in [0, 0.1) is 5.92 Å². The number of amides is 1. The van der Waals surface area contributed by atoms with Gasteiger partial charge >= 0.3 is 5.97 Å². The molecule has 24 heavy (non-hydrogen) atoms. The monoisotopic (exact) mass is 335 g/mol. The van der Waals surface area contributed by atoms with Crippen LogP contribution in [0.25, 0.3) is 6.08 Å². The van der Waals surface area contributed by atoms with E-state index >= 15 is 0 Å². The number of methoxy groups -OCH3 is 1. The van der Waals surface area contributed by atoms with Gasteiger partial charge in [0.2, 0.25) is 5.91 Å². The van der Waals surface area contributed by atoms with E-state index in [4.69, 9.17) is 14.6 Å². The molecule has 1 amide bonds. The third-order valence-electron chi connectivity index (χ3n) is 3.21. The molecule has 1 aromatic carbocycles. The zero-order valence-corrected chi connectivity index (χ0v) is 14.7. The standard InChI is InChI=1S/C18H25NO5/c1-11(2)17(18(21)22)19-16(20)9-7-13-6-8-14(24-12(3)4)15(10-13)23-5/h6-12,17H,1-5H3,(H,19,20)(H,21,22)/b9-7+/t17-/m1/s1. The van der Waals surface area contributed by atoms with E-state index in [1.165, 1.54) is 6.08 Å². The molecule has 0 saturated heterocycles. The number of ether oxygens (including phenoxy) is 2. The smallest absolute Gasteiger partial charge is 0.326 e. The molecule has 1 aromatic rings. The van der Waals surface area contributed by atoms with E-state index in [1.54, 1.807) is 45.2 Å². The summed E-state index contributed by atoms with van der Waals surface area (Å²) in [5, 5.41) is 11.6. The van der Waals surface area contributed by atoms with Gasteiger partial charge in [0, 0.05) is 6.08 Å². The summed E-state index contributed by atoms with van der Waals surface area (Å²) in [4.78, 5) is 23.0. The quantitative estimate of drug-likeness (QED) is 0.714. The average Bonchev–Trinajstić information content (AvgIpc) is 2.50. The van der Waals surface area contributed by atoms with Crippen LogP contribution in [0.1, 0.15) is 33.3 Å². The van der Waals surface area contributed by atoms with Gasteiger partial charge in [-0.15, -0.1) is 0 Å². The molecular formula is C18H25NO5.